The average Bonchev–Trinajstić information content (AvgIpc) is 3.01. The van der Waals surface area contributed by atoms with Gasteiger partial charge in [0.05, 0.1) is 12.2 Å². The van der Waals surface area contributed by atoms with E-state index in [4.69, 9.17) is 9.47 Å². The Bertz CT molecular complexity index is 533. The molecule has 29 heavy (non-hydrogen) atoms. The summed E-state index contributed by atoms with van der Waals surface area (Å²) in [7, 11) is 0.539. The third kappa shape index (κ3) is 9.91. The second-order valence-corrected chi connectivity index (χ2v) is 11.1. The van der Waals surface area contributed by atoms with Crippen molar-refractivity contribution in [1.82, 2.24) is 0 Å². The van der Waals surface area contributed by atoms with E-state index in [1.807, 2.05) is 0 Å². The van der Waals surface area contributed by atoms with E-state index >= 15 is 0 Å². The lowest BCUT2D eigenvalue weighted by atomic mass is 9.88. The minimum Gasteiger partial charge on any atom is -0.380 e. The molecule has 1 saturated carbocycles. The molecule has 6 heteroatoms. The van der Waals surface area contributed by atoms with Crippen LogP contribution in [0.25, 0.3) is 0 Å². The number of ketones is 1. The molecule has 5 nitrogen and oxygen atoms in total. The van der Waals surface area contributed by atoms with E-state index in [1.165, 1.54) is 12.8 Å². The number of carbonyl (C=O) groups excluding carboxylic acids is 1. The molecule has 0 heterocycles. The summed E-state index contributed by atoms with van der Waals surface area (Å²) >= 11 is 0. The third-order valence-corrected chi connectivity index (χ3v) is 8.23. The van der Waals surface area contributed by atoms with E-state index in [9.17, 15) is 14.3 Å². The highest BCUT2D eigenvalue weighted by molar-refractivity contribution is 7.57. The minimum absolute atomic E-state index is 0.0175. The van der Waals surface area contributed by atoms with Gasteiger partial charge in [-0.25, -0.2) is 0 Å². The fraction of sp³-hybridized carbons (Fsp3) is 0.870. The summed E-state index contributed by atoms with van der Waals surface area (Å²) in [4.78, 5) is 22.2. The number of hydrogen-bond donors (Lipinski definition) is 1. The van der Waals surface area contributed by atoms with Crippen LogP contribution in [0.15, 0.2) is 12.2 Å². The highest BCUT2D eigenvalue weighted by Crippen LogP contribution is 2.41. The first-order chi connectivity index (χ1) is 13.9. The molecular formula is C23H43O5P. The highest BCUT2D eigenvalue weighted by Gasteiger charge is 2.40. The van der Waals surface area contributed by atoms with Gasteiger partial charge in [-0.3, -0.25) is 9.36 Å². The molecule has 0 saturated heterocycles. The Morgan fingerprint density at radius 2 is 1.86 bits per heavy atom. The number of methoxy groups -OCH3 is 2. The molecule has 170 valence electrons. The lowest BCUT2D eigenvalue weighted by Crippen LogP contribution is -2.21. The van der Waals surface area contributed by atoms with Crippen LogP contribution in [0, 0.1) is 11.8 Å². The Morgan fingerprint density at radius 3 is 2.48 bits per heavy atom. The number of unbranched alkanes of at least 4 members (excludes halogenated alkanes) is 5. The zero-order valence-corrected chi connectivity index (χ0v) is 19.9. The van der Waals surface area contributed by atoms with Crippen molar-refractivity contribution in [1.29, 1.82) is 0 Å². The van der Waals surface area contributed by atoms with Gasteiger partial charge in [0.1, 0.15) is 5.78 Å². The summed E-state index contributed by atoms with van der Waals surface area (Å²) in [6.45, 7) is 3.96. The van der Waals surface area contributed by atoms with Crippen LogP contribution in [-0.4, -0.2) is 49.4 Å². The minimum atomic E-state index is -2.90. The number of Topliss-reactive ketones (excluding diaryl/α,β-unsaturated/α-hetero) is 1. The maximum atomic E-state index is 12.6. The van der Waals surface area contributed by atoms with Crippen LogP contribution in [0.5, 0.6) is 0 Å². The van der Waals surface area contributed by atoms with Crippen molar-refractivity contribution in [2.75, 3.05) is 26.5 Å². The zero-order valence-electron chi connectivity index (χ0n) is 19.0. The maximum Gasteiger partial charge on any atom is 0.200 e. The average molecular weight is 431 g/mol. The SMILES string of the molecule is CCCCCC(/C=C/C1C(OC)CC(=O)C1CCCCCCP(=O)(O)CC)OC. The fourth-order valence-electron chi connectivity index (χ4n) is 4.19. The summed E-state index contributed by atoms with van der Waals surface area (Å²) in [5, 5.41) is 0. The van der Waals surface area contributed by atoms with E-state index in [-0.39, 0.29) is 24.0 Å². The smallest absolute Gasteiger partial charge is 0.200 e. The van der Waals surface area contributed by atoms with Gasteiger partial charge < -0.3 is 14.4 Å². The van der Waals surface area contributed by atoms with Gasteiger partial charge in [-0.1, -0.05) is 64.5 Å². The molecule has 1 aliphatic rings. The van der Waals surface area contributed by atoms with Crippen LogP contribution in [0.2, 0.25) is 0 Å². The molecule has 0 aliphatic heterocycles. The lowest BCUT2D eigenvalue weighted by molar-refractivity contribution is -0.121. The standard InChI is InChI=1S/C23H43O5P/c1-5-7-10-13-19(27-3)15-16-21-20(22(24)18-23(21)28-4)14-11-8-9-12-17-29(25,26)6-2/h15-16,19-21,23H,5-14,17-18H2,1-4H3,(H,25,26)/b16-15+. The predicted molar refractivity (Wildman–Crippen MR) is 120 cm³/mol. The topological polar surface area (TPSA) is 72.8 Å². The van der Waals surface area contributed by atoms with E-state index in [0.717, 1.165) is 44.9 Å². The fourth-order valence-corrected chi connectivity index (χ4v) is 5.22. The summed E-state index contributed by atoms with van der Waals surface area (Å²) in [5.41, 5.74) is 0. The summed E-state index contributed by atoms with van der Waals surface area (Å²) < 4.78 is 22.9. The predicted octanol–water partition coefficient (Wildman–Crippen LogP) is 5.60. The van der Waals surface area contributed by atoms with Gasteiger partial charge in [-0.15, -0.1) is 0 Å². The van der Waals surface area contributed by atoms with Crippen LogP contribution in [-0.2, 0) is 18.8 Å². The van der Waals surface area contributed by atoms with Gasteiger partial charge in [-0.05, 0) is 19.3 Å². The Balaban J connectivity index is 2.52. The largest absolute Gasteiger partial charge is 0.380 e. The van der Waals surface area contributed by atoms with Crippen LogP contribution in [0.3, 0.4) is 0 Å². The highest BCUT2D eigenvalue weighted by atomic mass is 31.2. The first kappa shape index (κ1) is 26.6. The third-order valence-electron chi connectivity index (χ3n) is 6.22. The number of carbonyl (C=O) groups is 1. The van der Waals surface area contributed by atoms with E-state index < -0.39 is 7.37 Å². The molecule has 5 unspecified atom stereocenters. The molecular weight excluding hydrogens is 387 g/mol. The van der Waals surface area contributed by atoms with Gasteiger partial charge in [-0.2, -0.15) is 0 Å². The Morgan fingerprint density at radius 1 is 1.14 bits per heavy atom. The summed E-state index contributed by atoms with van der Waals surface area (Å²) in [6.07, 6.45) is 14.8. The second-order valence-electron chi connectivity index (χ2n) is 8.37. The van der Waals surface area contributed by atoms with Crippen molar-refractivity contribution in [3.8, 4) is 0 Å². The molecule has 1 fully saturated rings. The molecule has 0 amide bonds. The van der Waals surface area contributed by atoms with E-state index in [2.05, 4.69) is 19.1 Å². The van der Waals surface area contributed by atoms with Crippen molar-refractivity contribution in [2.24, 2.45) is 11.8 Å². The maximum absolute atomic E-state index is 12.6. The summed E-state index contributed by atoms with van der Waals surface area (Å²) in [5.74, 6) is 0.440. The van der Waals surface area contributed by atoms with Crippen LogP contribution >= 0.6 is 7.37 Å². The summed E-state index contributed by atoms with van der Waals surface area (Å²) in [6, 6.07) is 0. The van der Waals surface area contributed by atoms with E-state index in [1.54, 1.807) is 21.1 Å². The molecule has 5 atom stereocenters. The van der Waals surface area contributed by atoms with Gasteiger partial charge >= 0.3 is 0 Å². The first-order valence-corrected chi connectivity index (χ1v) is 13.5. The van der Waals surface area contributed by atoms with Crippen LogP contribution in [0.4, 0.5) is 0 Å². The van der Waals surface area contributed by atoms with Crippen molar-refractivity contribution < 1.29 is 23.7 Å². The van der Waals surface area contributed by atoms with Gasteiger partial charge in [0, 0.05) is 44.8 Å². The first-order valence-electron chi connectivity index (χ1n) is 11.5. The molecule has 0 aromatic carbocycles. The van der Waals surface area contributed by atoms with Crippen molar-refractivity contribution in [3.05, 3.63) is 12.2 Å². The van der Waals surface area contributed by atoms with Gasteiger partial charge in [0.25, 0.3) is 0 Å². The monoisotopic (exact) mass is 430 g/mol. The second kappa shape index (κ2) is 14.5. The zero-order chi connectivity index (χ0) is 21.7. The number of ether oxygens (including phenoxy) is 2. The lowest BCUT2D eigenvalue weighted by Gasteiger charge is -2.21. The van der Waals surface area contributed by atoms with Crippen LogP contribution < -0.4 is 0 Å². The normalized spacial score (nSPS) is 25.6. The Hall–Kier alpha value is -0.480. The number of rotatable bonds is 16. The molecule has 0 spiro atoms. The molecule has 1 rings (SSSR count). The molecule has 1 aliphatic carbocycles. The van der Waals surface area contributed by atoms with Crippen molar-refractivity contribution in [3.63, 3.8) is 0 Å². The van der Waals surface area contributed by atoms with Crippen LogP contribution in [0.1, 0.15) is 78.1 Å². The van der Waals surface area contributed by atoms with E-state index in [0.29, 0.717) is 24.5 Å². The molecule has 0 radical (unpaired) electrons. The Labute approximate surface area is 178 Å². The Kier molecular flexibility index (Phi) is 13.3. The van der Waals surface area contributed by atoms with Crippen molar-refractivity contribution in [2.45, 2.75) is 90.3 Å². The van der Waals surface area contributed by atoms with Gasteiger partial charge in [0.2, 0.25) is 0 Å². The molecule has 0 aromatic rings. The quantitative estimate of drug-likeness (QED) is 0.196. The molecule has 0 aromatic heterocycles. The molecule has 1 N–H and O–H groups in total. The molecule has 0 bridgehead atoms. The number of hydrogen-bond acceptors (Lipinski definition) is 4. The van der Waals surface area contributed by atoms with Crippen molar-refractivity contribution >= 4 is 13.2 Å². The van der Waals surface area contributed by atoms with Gasteiger partial charge in [0.15, 0.2) is 7.37 Å².